The molecule has 1 N–H and O–H groups in total. The van der Waals surface area contributed by atoms with Gasteiger partial charge in [-0.15, -0.1) is 0 Å². The summed E-state index contributed by atoms with van der Waals surface area (Å²) in [6.07, 6.45) is 1.38. The van der Waals surface area contributed by atoms with Crippen molar-refractivity contribution >= 4 is 45.9 Å². The van der Waals surface area contributed by atoms with Gasteiger partial charge < -0.3 is 14.8 Å². The van der Waals surface area contributed by atoms with Crippen LogP contribution in [-0.2, 0) is 4.79 Å². The maximum Gasteiger partial charge on any atom is 0.292 e. The van der Waals surface area contributed by atoms with Crippen molar-refractivity contribution < 1.29 is 19.2 Å². The van der Waals surface area contributed by atoms with Crippen LogP contribution in [0.5, 0.6) is 11.5 Å². The van der Waals surface area contributed by atoms with Gasteiger partial charge in [0.25, 0.3) is 11.6 Å². The fourth-order valence-corrected chi connectivity index (χ4v) is 3.22. The second-order valence-electron chi connectivity index (χ2n) is 5.37. The lowest BCUT2D eigenvalue weighted by Gasteiger charge is -2.12. The number of nitriles is 1. The van der Waals surface area contributed by atoms with Crippen molar-refractivity contribution in [3.05, 3.63) is 61.2 Å². The molecule has 0 radical (unpaired) electrons. The van der Waals surface area contributed by atoms with Gasteiger partial charge in [-0.1, -0.05) is 12.1 Å². The zero-order valence-electron chi connectivity index (χ0n) is 15.1. The second-order valence-corrected chi connectivity index (χ2v) is 6.53. The van der Waals surface area contributed by atoms with Crippen LogP contribution in [0.1, 0.15) is 12.5 Å². The highest BCUT2D eigenvalue weighted by atomic mass is 127. The topological polar surface area (TPSA) is 114 Å². The van der Waals surface area contributed by atoms with Crippen LogP contribution in [-0.4, -0.2) is 24.5 Å². The summed E-state index contributed by atoms with van der Waals surface area (Å²) >= 11 is 2.06. The van der Waals surface area contributed by atoms with Crippen LogP contribution in [0, 0.1) is 25.0 Å². The second kappa shape index (κ2) is 9.70. The molecule has 1 amide bonds. The number of nitrogens with one attached hydrogen (secondary N) is 1. The number of carbonyl (C=O) groups excluding carboxylic acids is 1. The average molecular weight is 493 g/mol. The molecule has 144 valence electrons. The Morgan fingerprint density at radius 2 is 2.11 bits per heavy atom. The average Bonchev–Trinajstić information content (AvgIpc) is 2.66. The molecule has 0 heterocycles. The summed E-state index contributed by atoms with van der Waals surface area (Å²) in [5, 5.41) is 22.9. The Balaban J connectivity index is 2.38. The molecule has 0 fully saturated rings. The predicted molar refractivity (Wildman–Crippen MR) is 112 cm³/mol. The van der Waals surface area contributed by atoms with Crippen LogP contribution in [0.3, 0.4) is 0 Å². The maximum absolute atomic E-state index is 12.5. The molecule has 0 bridgehead atoms. The largest absolute Gasteiger partial charge is 0.492 e. The number of para-hydroxylation sites is 2. The zero-order valence-corrected chi connectivity index (χ0v) is 17.2. The lowest BCUT2D eigenvalue weighted by atomic mass is 10.1. The number of rotatable bonds is 7. The molecule has 0 aromatic heterocycles. The quantitative estimate of drug-likeness (QED) is 0.204. The van der Waals surface area contributed by atoms with Crippen LogP contribution in [0.4, 0.5) is 11.4 Å². The van der Waals surface area contributed by atoms with E-state index in [9.17, 15) is 20.2 Å². The number of anilines is 1. The van der Waals surface area contributed by atoms with Gasteiger partial charge >= 0.3 is 0 Å². The van der Waals surface area contributed by atoms with Gasteiger partial charge in [0, 0.05) is 6.07 Å². The lowest BCUT2D eigenvalue weighted by Crippen LogP contribution is -2.14. The van der Waals surface area contributed by atoms with Crippen LogP contribution < -0.4 is 14.8 Å². The first-order chi connectivity index (χ1) is 13.4. The molecule has 9 heteroatoms. The van der Waals surface area contributed by atoms with E-state index in [-0.39, 0.29) is 16.9 Å². The van der Waals surface area contributed by atoms with Crippen molar-refractivity contribution in [1.29, 1.82) is 5.26 Å². The number of nitro benzene ring substituents is 1. The molecule has 0 aliphatic rings. The first kappa shape index (κ1) is 21.2. The van der Waals surface area contributed by atoms with Crippen LogP contribution in [0.15, 0.2) is 42.0 Å². The SMILES string of the molecule is CCOc1cc(C=C(C#N)C(=O)Nc2ccccc2[N+](=O)[O-])cc(I)c1OC. The van der Waals surface area contributed by atoms with Crippen molar-refractivity contribution in [3.8, 4) is 17.6 Å². The maximum atomic E-state index is 12.5. The summed E-state index contributed by atoms with van der Waals surface area (Å²) in [6, 6.07) is 10.9. The van der Waals surface area contributed by atoms with E-state index in [1.807, 2.05) is 13.0 Å². The highest BCUT2D eigenvalue weighted by Crippen LogP contribution is 2.34. The molecule has 2 aromatic rings. The lowest BCUT2D eigenvalue weighted by molar-refractivity contribution is -0.383. The van der Waals surface area contributed by atoms with Gasteiger partial charge in [-0.25, -0.2) is 0 Å². The Labute approximate surface area is 175 Å². The van der Waals surface area contributed by atoms with Crippen molar-refractivity contribution in [2.75, 3.05) is 19.0 Å². The Bertz CT molecular complexity index is 982. The van der Waals surface area contributed by atoms with E-state index in [1.54, 1.807) is 18.2 Å². The first-order valence-corrected chi connectivity index (χ1v) is 9.16. The number of ether oxygens (including phenoxy) is 2. The summed E-state index contributed by atoms with van der Waals surface area (Å²) in [5.74, 6) is 0.294. The summed E-state index contributed by atoms with van der Waals surface area (Å²) in [7, 11) is 1.52. The van der Waals surface area contributed by atoms with Gasteiger partial charge in [0.1, 0.15) is 17.3 Å². The molecule has 2 aromatic carbocycles. The van der Waals surface area contributed by atoms with E-state index in [1.165, 1.54) is 31.4 Å². The highest BCUT2D eigenvalue weighted by molar-refractivity contribution is 14.1. The standard InChI is InChI=1S/C19H16IN3O5/c1-3-28-17-10-12(9-14(20)18(17)27-2)8-13(11-21)19(24)22-15-6-4-5-7-16(15)23(25)26/h4-10H,3H2,1-2H3,(H,22,24). The number of nitro groups is 1. The molecule has 28 heavy (non-hydrogen) atoms. The third-order valence-corrected chi connectivity index (χ3v) is 4.36. The Morgan fingerprint density at radius 3 is 2.71 bits per heavy atom. The van der Waals surface area contributed by atoms with Gasteiger partial charge in [0.05, 0.1) is 22.2 Å². The van der Waals surface area contributed by atoms with Crippen molar-refractivity contribution in [1.82, 2.24) is 0 Å². The fourth-order valence-electron chi connectivity index (χ4n) is 2.38. The summed E-state index contributed by atoms with van der Waals surface area (Å²) in [4.78, 5) is 22.9. The monoisotopic (exact) mass is 493 g/mol. The van der Waals surface area contributed by atoms with E-state index in [0.717, 1.165) is 3.57 Å². The minimum absolute atomic E-state index is 0.0120. The van der Waals surface area contributed by atoms with Crippen LogP contribution in [0.25, 0.3) is 6.08 Å². The first-order valence-electron chi connectivity index (χ1n) is 8.08. The van der Waals surface area contributed by atoms with Crippen LogP contribution >= 0.6 is 22.6 Å². The van der Waals surface area contributed by atoms with E-state index < -0.39 is 10.8 Å². The number of nitrogens with zero attached hydrogens (tertiary/aromatic N) is 2. The molecule has 2 rings (SSSR count). The Hall–Kier alpha value is -3.13. The minimum atomic E-state index is -0.749. The Morgan fingerprint density at radius 1 is 1.39 bits per heavy atom. The number of benzene rings is 2. The van der Waals surface area contributed by atoms with Crippen LogP contribution in [0.2, 0.25) is 0 Å². The molecule has 0 saturated carbocycles. The van der Waals surface area contributed by atoms with E-state index >= 15 is 0 Å². The molecule has 8 nitrogen and oxygen atoms in total. The summed E-state index contributed by atoms with van der Waals surface area (Å²) in [5.41, 5.74) is 0.105. The van der Waals surface area contributed by atoms with Crippen molar-refractivity contribution in [2.24, 2.45) is 0 Å². The van der Waals surface area contributed by atoms with Gasteiger partial charge in [0.2, 0.25) is 0 Å². The number of methoxy groups -OCH3 is 1. The predicted octanol–water partition coefficient (Wildman–Crippen LogP) is 4.15. The number of hydrogen-bond donors (Lipinski definition) is 1. The van der Waals surface area contributed by atoms with Gasteiger partial charge in [-0.05, 0) is 59.4 Å². The van der Waals surface area contributed by atoms with Crippen molar-refractivity contribution in [3.63, 3.8) is 0 Å². The molecule has 0 aliphatic carbocycles. The minimum Gasteiger partial charge on any atom is -0.492 e. The molecular formula is C19H16IN3O5. The highest BCUT2D eigenvalue weighted by Gasteiger charge is 2.18. The molecule has 0 aliphatic heterocycles. The van der Waals surface area contributed by atoms with E-state index in [0.29, 0.717) is 23.7 Å². The molecule has 0 atom stereocenters. The van der Waals surface area contributed by atoms with E-state index in [2.05, 4.69) is 27.9 Å². The zero-order chi connectivity index (χ0) is 20.7. The summed E-state index contributed by atoms with van der Waals surface area (Å²) in [6.45, 7) is 2.25. The van der Waals surface area contributed by atoms with Crippen molar-refractivity contribution in [2.45, 2.75) is 6.92 Å². The molecule has 0 unspecified atom stereocenters. The summed E-state index contributed by atoms with van der Waals surface area (Å²) < 4.78 is 11.6. The van der Waals surface area contributed by atoms with Gasteiger partial charge in [-0.3, -0.25) is 14.9 Å². The number of amides is 1. The smallest absolute Gasteiger partial charge is 0.292 e. The normalized spacial score (nSPS) is 10.7. The third-order valence-electron chi connectivity index (χ3n) is 3.56. The number of carbonyl (C=O) groups is 1. The van der Waals surface area contributed by atoms with E-state index in [4.69, 9.17) is 9.47 Å². The Kier molecular flexibility index (Phi) is 7.34. The number of hydrogen-bond acceptors (Lipinski definition) is 6. The third kappa shape index (κ3) is 4.98. The molecular weight excluding hydrogens is 477 g/mol. The van der Waals surface area contributed by atoms with Gasteiger partial charge in [-0.2, -0.15) is 5.26 Å². The molecule has 0 saturated heterocycles. The fraction of sp³-hybridized carbons (Fsp3) is 0.158. The van der Waals surface area contributed by atoms with Gasteiger partial charge in [0.15, 0.2) is 11.5 Å². The molecule has 0 spiro atoms. The number of halogens is 1.